The van der Waals surface area contributed by atoms with Gasteiger partial charge in [-0.25, -0.2) is 12.7 Å². The van der Waals surface area contributed by atoms with Crippen LogP contribution < -0.4 is 5.32 Å². The number of nitrogens with one attached hydrogen (secondary N) is 1. The van der Waals surface area contributed by atoms with Gasteiger partial charge in [-0.3, -0.25) is 9.69 Å². The van der Waals surface area contributed by atoms with Gasteiger partial charge in [-0.05, 0) is 12.5 Å². The van der Waals surface area contributed by atoms with Crippen LogP contribution in [0.15, 0.2) is 24.3 Å². The van der Waals surface area contributed by atoms with Crippen molar-refractivity contribution in [2.24, 2.45) is 0 Å². The van der Waals surface area contributed by atoms with Gasteiger partial charge in [0.1, 0.15) is 0 Å². The van der Waals surface area contributed by atoms with Crippen LogP contribution in [-0.4, -0.2) is 75.7 Å². The Bertz CT molecular complexity index is 670. The fraction of sp³-hybridized carbons (Fsp3) is 0.611. The minimum Gasteiger partial charge on any atom is -0.379 e. The van der Waals surface area contributed by atoms with Crippen molar-refractivity contribution in [2.75, 3.05) is 52.2 Å². The van der Waals surface area contributed by atoms with Crippen LogP contribution in [0.5, 0.6) is 0 Å². The van der Waals surface area contributed by atoms with E-state index in [1.54, 1.807) is 0 Å². The Balaban J connectivity index is 1.76. The molecule has 1 aromatic carbocycles. The zero-order valence-electron chi connectivity index (χ0n) is 15.6. The van der Waals surface area contributed by atoms with Crippen LogP contribution in [-0.2, 0) is 26.1 Å². The largest absolute Gasteiger partial charge is 0.379 e. The van der Waals surface area contributed by atoms with E-state index in [1.165, 1.54) is 16.1 Å². The number of amides is 1. The first-order chi connectivity index (χ1) is 12.3. The quantitative estimate of drug-likeness (QED) is 0.675. The number of carbonyl (C=O) groups is 1. The second-order valence-corrected chi connectivity index (χ2v) is 8.61. The molecule has 1 heterocycles. The maximum atomic E-state index is 12.1. The first-order valence-electron chi connectivity index (χ1n) is 8.92. The molecular weight excluding hydrogens is 354 g/mol. The molecule has 0 aliphatic carbocycles. The molecule has 1 fully saturated rings. The maximum absolute atomic E-state index is 12.1. The van der Waals surface area contributed by atoms with Gasteiger partial charge in [-0.1, -0.05) is 29.8 Å². The van der Waals surface area contributed by atoms with Gasteiger partial charge < -0.3 is 10.1 Å². The molecule has 1 amide bonds. The topological polar surface area (TPSA) is 79.0 Å². The van der Waals surface area contributed by atoms with E-state index in [-0.39, 0.29) is 18.9 Å². The van der Waals surface area contributed by atoms with Gasteiger partial charge >= 0.3 is 0 Å². The molecule has 0 atom stereocenters. The third-order valence-electron chi connectivity index (χ3n) is 4.44. The minimum absolute atomic E-state index is 0.148. The summed E-state index contributed by atoms with van der Waals surface area (Å²) < 4.78 is 30.6. The van der Waals surface area contributed by atoms with Crippen molar-refractivity contribution in [3.05, 3.63) is 35.4 Å². The van der Waals surface area contributed by atoms with Crippen LogP contribution in [0.4, 0.5) is 0 Å². The van der Waals surface area contributed by atoms with E-state index in [1.807, 2.05) is 31.2 Å². The van der Waals surface area contributed by atoms with Crippen LogP contribution in [0.2, 0.25) is 0 Å². The van der Waals surface area contributed by atoms with Gasteiger partial charge in [0.25, 0.3) is 0 Å². The number of aryl methyl sites for hydroxylation is 1. The highest BCUT2D eigenvalue weighted by Gasteiger charge is 2.19. The molecule has 2 rings (SSSR count). The highest BCUT2D eigenvalue weighted by Crippen LogP contribution is 2.05. The lowest BCUT2D eigenvalue weighted by atomic mass is 10.1. The van der Waals surface area contributed by atoms with Crippen molar-refractivity contribution in [1.82, 2.24) is 14.5 Å². The van der Waals surface area contributed by atoms with Gasteiger partial charge in [-0.15, -0.1) is 0 Å². The molecule has 0 unspecified atom stereocenters. The smallest absolute Gasteiger partial charge is 0.221 e. The molecule has 8 heteroatoms. The van der Waals surface area contributed by atoms with Crippen molar-refractivity contribution in [3.8, 4) is 0 Å². The Labute approximate surface area is 156 Å². The summed E-state index contributed by atoms with van der Waals surface area (Å²) in [6, 6.07) is 7.94. The SMILES string of the molecule is Cc1ccc(CNC(=O)CCN(CCN2CCOCC2)S(C)(=O)=O)cc1. The molecule has 7 nitrogen and oxygen atoms in total. The Morgan fingerprint density at radius 2 is 1.85 bits per heavy atom. The van der Waals surface area contributed by atoms with Crippen molar-refractivity contribution in [2.45, 2.75) is 19.9 Å². The number of ether oxygens (including phenoxy) is 1. The monoisotopic (exact) mass is 383 g/mol. The fourth-order valence-electron chi connectivity index (χ4n) is 2.74. The molecule has 0 radical (unpaired) electrons. The summed E-state index contributed by atoms with van der Waals surface area (Å²) in [4.78, 5) is 14.2. The van der Waals surface area contributed by atoms with Crippen molar-refractivity contribution >= 4 is 15.9 Å². The summed E-state index contributed by atoms with van der Waals surface area (Å²) >= 11 is 0. The van der Waals surface area contributed by atoms with E-state index in [0.29, 0.717) is 32.8 Å². The molecule has 0 aromatic heterocycles. The van der Waals surface area contributed by atoms with Crippen molar-refractivity contribution in [1.29, 1.82) is 0 Å². The third-order valence-corrected chi connectivity index (χ3v) is 5.74. The summed E-state index contributed by atoms with van der Waals surface area (Å²) in [7, 11) is -3.34. The van der Waals surface area contributed by atoms with Crippen molar-refractivity contribution < 1.29 is 17.9 Å². The van der Waals surface area contributed by atoms with E-state index >= 15 is 0 Å². The summed E-state index contributed by atoms with van der Waals surface area (Å²) in [5.41, 5.74) is 2.19. The van der Waals surface area contributed by atoms with E-state index in [0.717, 1.165) is 18.7 Å². The standard InChI is InChI=1S/C18H29N3O4S/c1-16-3-5-17(6-4-16)15-19-18(22)7-8-21(26(2,23)24)10-9-20-11-13-25-14-12-20/h3-6H,7-15H2,1-2H3,(H,19,22). The first kappa shape index (κ1) is 20.8. The zero-order valence-corrected chi connectivity index (χ0v) is 16.4. The lowest BCUT2D eigenvalue weighted by molar-refractivity contribution is -0.121. The lowest BCUT2D eigenvalue weighted by Gasteiger charge is -2.29. The third kappa shape index (κ3) is 7.41. The minimum atomic E-state index is -3.34. The average Bonchev–Trinajstić information content (AvgIpc) is 2.61. The number of morpholine rings is 1. The molecule has 26 heavy (non-hydrogen) atoms. The fourth-order valence-corrected chi connectivity index (χ4v) is 3.58. The molecule has 146 valence electrons. The number of sulfonamides is 1. The number of rotatable bonds is 9. The summed E-state index contributed by atoms with van der Waals surface area (Å²) in [5, 5.41) is 2.84. The average molecular weight is 384 g/mol. The number of carbonyl (C=O) groups excluding carboxylic acids is 1. The van der Waals surface area contributed by atoms with E-state index in [9.17, 15) is 13.2 Å². The van der Waals surface area contributed by atoms with E-state index < -0.39 is 10.0 Å². The Hall–Kier alpha value is -1.48. The summed E-state index contributed by atoms with van der Waals surface area (Å²) in [5.74, 6) is -0.148. The van der Waals surface area contributed by atoms with E-state index in [2.05, 4.69) is 10.2 Å². The summed E-state index contributed by atoms with van der Waals surface area (Å²) in [6.45, 7) is 6.70. The van der Waals surface area contributed by atoms with Crippen molar-refractivity contribution in [3.63, 3.8) is 0 Å². The predicted molar refractivity (Wildman–Crippen MR) is 101 cm³/mol. The summed E-state index contributed by atoms with van der Waals surface area (Å²) in [6.07, 6.45) is 1.35. The molecule has 1 aliphatic heterocycles. The zero-order chi connectivity index (χ0) is 19.0. The van der Waals surface area contributed by atoms with Crippen LogP contribution in [0.3, 0.4) is 0 Å². The number of hydrogen-bond acceptors (Lipinski definition) is 5. The van der Waals surface area contributed by atoms with Gasteiger partial charge in [0.05, 0.1) is 19.5 Å². The second-order valence-electron chi connectivity index (χ2n) is 6.63. The first-order valence-corrected chi connectivity index (χ1v) is 10.8. The normalized spacial score (nSPS) is 16.0. The van der Waals surface area contributed by atoms with Crippen LogP contribution >= 0.6 is 0 Å². The van der Waals surface area contributed by atoms with Gasteiger partial charge in [0, 0.05) is 45.7 Å². The predicted octanol–water partition coefficient (Wildman–Crippen LogP) is 0.595. The lowest BCUT2D eigenvalue weighted by Crippen LogP contribution is -2.43. The highest BCUT2D eigenvalue weighted by molar-refractivity contribution is 7.88. The number of benzene rings is 1. The van der Waals surface area contributed by atoms with Gasteiger partial charge in [-0.2, -0.15) is 0 Å². The Kier molecular flexibility index (Phi) is 8.02. The number of hydrogen-bond donors (Lipinski definition) is 1. The molecular formula is C18H29N3O4S. The molecule has 0 spiro atoms. The Morgan fingerprint density at radius 1 is 1.19 bits per heavy atom. The highest BCUT2D eigenvalue weighted by atomic mass is 32.2. The molecule has 0 bridgehead atoms. The van der Waals surface area contributed by atoms with Crippen LogP contribution in [0.1, 0.15) is 17.5 Å². The molecule has 1 aliphatic rings. The second kappa shape index (κ2) is 10.0. The van der Waals surface area contributed by atoms with Crippen LogP contribution in [0.25, 0.3) is 0 Å². The number of nitrogens with zero attached hydrogens (tertiary/aromatic N) is 2. The van der Waals surface area contributed by atoms with Crippen LogP contribution in [0, 0.1) is 6.92 Å². The van der Waals surface area contributed by atoms with E-state index in [4.69, 9.17) is 4.74 Å². The molecule has 0 saturated carbocycles. The molecule has 1 N–H and O–H groups in total. The Morgan fingerprint density at radius 3 is 2.46 bits per heavy atom. The maximum Gasteiger partial charge on any atom is 0.221 e. The molecule has 1 saturated heterocycles. The van der Waals surface area contributed by atoms with Gasteiger partial charge in [0.2, 0.25) is 15.9 Å². The van der Waals surface area contributed by atoms with Gasteiger partial charge in [0.15, 0.2) is 0 Å². The molecule has 1 aromatic rings.